The van der Waals surface area contributed by atoms with Gasteiger partial charge in [0.05, 0.1) is 0 Å². The van der Waals surface area contributed by atoms with Crippen LogP contribution in [-0.2, 0) is 23.7 Å². The summed E-state index contributed by atoms with van der Waals surface area (Å²) in [5.41, 5.74) is 6.71. The van der Waals surface area contributed by atoms with E-state index in [9.17, 15) is 10.2 Å². The zero-order valence-electron chi connectivity index (χ0n) is 24.8. The van der Waals surface area contributed by atoms with Gasteiger partial charge in [0.15, 0.2) is 0 Å². The van der Waals surface area contributed by atoms with Crippen LogP contribution in [0.5, 0.6) is 11.5 Å². The summed E-state index contributed by atoms with van der Waals surface area (Å²) < 4.78 is 0. The number of fused-ring (bicyclic) bond motifs is 2. The van der Waals surface area contributed by atoms with Crippen molar-refractivity contribution in [2.45, 2.75) is 100.0 Å². The molecule has 5 nitrogen and oxygen atoms in total. The number of rotatable bonds is 0. The van der Waals surface area contributed by atoms with Gasteiger partial charge in [0.25, 0.3) is 0 Å². The van der Waals surface area contributed by atoms with Crippen molar-refractivity contribution in [3.8, 4) is 11.5 Å². The highest BCUT2D eigenvalue weighted by Gasteiger charge is 2.54. The molecule has 228 valence electrons. The number of halogens is 2. The summed E-state index contributed by atoms with van der Waals surface area (Å²) in [6.07, 6.45) is 15.9. The second kappa shape index (κ2) is 12.5. The van der Waals surface area contributed by atoms with Crippen molar-refractivity contribution in [2.75, 3.05) is 27.2 Å². The van der Waals surface area contributed by atoms with E-state index >= 15 is 0 Å². The van der Waals surface area contributed by atoms with E-state index in [1.54, 1.807) is 0 Å². The van der Waals surface area contributed by atoms with Crippen LogP contribution in [0.4, 0.5) is 0 Å². The Bertz CT molecular complexity index is 1130. The van der Waals surface area contributed by atoms with Gasteiger partial charge >= 0.3 is 0 Å². The summed E-state index contributed by atoms with van der Waals surface area (Å²) in [6, 6.07) is 13.7. The van der Waals surface area contributed by atoms with Crippen molar-refractivity contribution in [3.63, 3.8) is 0 Å². The molecule has 2 aromatic rings. The van der Waals surface area contributed by atoms with Crippen LogP contribution in [0.3, 0.4) is 0 Å². The Balaban J connectivity index is 0.000000176. The van der Waals surface area contributed by atoms with Gasteiger partial charge in [-0.1, -0.05) is 37.8 Å². The third-order valence-electron chi connectivity index (χ3n) is 12.2. The molecule has 2 aliphatic heterocycles. The number of phenols is 2. The molecule has 0 aromatic heterocycles. The molecular weight excluding hydrogens is 644 g/mol. The van der Waals surface area contributed by atoms with Gasteiger partial charge in [0, 0.05) is 22.9 Å². The average molecular weight is 695 g/mol. The summed E-state index contributed by atoms with van der Waals surface area (Å²) in [5.74, 6) is 2.54. The van der Waals surface area contributed by atoms with Crippen molar-refractivity contribution in [1.29, 1.82) is 0 Å². The lowest BCUT2D eigenvalue weighted by atomic mass is 9.52. The summed E-state index contributed by atoms with van der Waals surface area (Å²) in [4.78, 5) is 5.17. The van der Waals surface area contributed by atoms with Crippen molar-refractivity contribution < 1.29 is 15.7 Å². The van der Waals surface area contributed by atoms with E-state index < -0.39 is 0 Å². The number of hydrogen-bond donors (Lipinski definition) is 2. The lowest BCUT2D eigenvalue weighted by molar-refractivity contribution is 0.00272. The zero-order chi connectivity index (χ0) is 26.1. The Labute approximate surface area is 267 Å². The third kappa shape index (κ3) is 5.20. The summed E-state index contributed by atoms with van der Waals surface area (Å²) in [5, 5.41) is 19.8. The van der Waals surface area contributed by atoms with E-state index in [4.69, 9.17) is 0 Å². The van der Waals surface area contributed by atoms with Crippen LogP contribution >= 0.6 is 34.0 Å². The minimum absolute atomic E-state index is 0. The molecule has 4 aliphatic carbocycles. The maximum absolute atomic E-state index is 9.91. The van der Waals surface area contributed by atoms with Gasteiger partial charge < -0.3 is 25.5 Å². The molecule has 4 N–H and O–H groups in total. The maximum atomic E-state index is 9.91. The lowest BCUT2D eigenvalue weighted by Gasteiger charge is -2.58. The lowest BCUT2D eigenvalue weighted by Crippen LogP contribution is -2.59. The molecule has 0 amide bonds. The number of hydrogen-bond acceptors (Lipinski definition) is 4. The number of phenolic OH excluding ortho intramolecular Hbond substituents is 2. The van der Waals surface area contributed by atoms with E-state index in [2.05, 4.69) is 48.2 Å². The highest BCUT2D eigenvalue weighted by atomic mass is 79.9. The molecule has 41 heavy (non-hydrogen) atoms. The van der Waals surface area contributed by atoms with Crippen molar-refractivity contribution in [3.05, 3.63) is 58.7 Å². The van der Waals surface area contributed by atoms with Crippen LogP contribution in [0.15, 0.2) is 36.4 Å². The number of nitrogens with zero attached hydrogens (tertiary/aromatic N) is 2. The first-order valence-electron chi connectivity index (χ1n) is 15.5. The van der Waals surface area contributed by atoms with E-state index in [0.29, 0.717) is 22.3 Å². The second-order valence-electron chi connectivity index (χ2n) is 13.7. The number of likely N-dealkylation sites (tertiary alicyclic amines) is 2. The Morgan fingerprint density at radius 2 is 1.05 bits per heavy atom. The molecule has 2 saturated heterocycles. The Kier molecular flexibility index (Phi) is 9.97. The summed E-state index contributed by atoms with van der Waals surface area (Å²) >= 11 is 0. The number of likely N-dealkylation sites (N-methyl/N-ethyl adjacent to an activating group) is 2. The van der Waals surface area contributed by atoms with Gasteiger partial charge in [-0.15, -0.1) is 34.0 Å². The van der Waals surface area contributed by atoms with Crippen molar-refractivity contribution >= 4 is 34.0 Å². The normalized spacial score (nSPS) is 34.8. The molecule has 0 spiro atoms. The van der Waals surface area contributed by atoms with Crippen LogP contribution in [-0.4, -0.2) is 64.8 Å². The van der Waals surface area contributed by atoms with Gasteiger partial charge in [0.1, 0.15) is 11.5 Å². The first-order chi connectivity index (χ1) is 18.4. The smallest absolute Gasteiger partial charge is 0.115 e. The summed E-state index contributed by atoms with van der Waals surface area (Å²) in [6.45, 7) is 2.44. The fraction of sp³-hybridized carbons (Fsp3) is 0.647. The monoisotopic (exact) mass is 692 g/mol. The number of piperidine rings is 2. The molecule has 0 radical (unpaired) electrons. The van der Waals surface area contributed by atoms with Gasteiger partial charge in [-0.2, -0.15) is 0 Å². The molecule has 2 heterocycles. The van der Waals surface area contributed by atoms with Crippen LogP contribution in [0.1, 0.15) is 86.5 Å². The van der Waals surface area contributed by atoms with Crippen molar-refractivity contribution in [1.82, 2.24) is 9.80 Å². The molecule has 0 unspecified atom stereocenters. The summed E-state index contributed by atoms with van der Waals surface area (Å²) in [7, 11) is 4.60. The predicted octanol–water partition coefficient (Wildman–Crippen LogP) is 6.49. The van der Waals surface area contributed by atoms with Crippen LogP contribution in [0, 0.1) is 11.8 Å². The van der Waals surface area contributed by atoms with Crippen LogP contribution in [0.25, 0.3) is 0 Å². The molecule has 6 aliphatic rings. The molecule has 6 atom stereocenters. The minimum atomic E-state index is 0. The second-order valence-corrected chi connectivity index (χ2v) is 13.7. The van der Waals surface area contributed by atoms with Crippen molar-refractivity contribution in [2.24, 2.45) is 11.8 Å². The predicted molar refractivity (Wildman–Crippen MR) is 177 cm³/mol. The standard InChI is InChI=1S/2C17H23NO.2BrH.H2O/c2*1-18-9-8-17-7-3-2-4-14(17)16(18)10-12-5-6-13(19)11-15(12)17;;;/h2*5-6,11,14,16,19H,2-4,7-10H2,1H3;2*1H;1H2/t2*14-,16+,17+;;;/m00.../s1. The first-order valence-corrected chi connectivity index (χ1v) is 15.5. The molecule has 4 bridgehead atoms. The fourth-order valence-corrected chi connectivity index (χ4v) is 10.4. The van der Waals surface area contributed by atoms with Gasteiger partial charge in [-0.05, 0) is 137 Å². The Morgan fingerprint density at radius 3 is 1.46 bits per heavy atom. The molecule has 8 rings (SSSR count). The quantitative estimate of drug-likeness (QED) is 0.331. The van der Waals surface area contributed by atoms with E-state index in [0.717, 1.165) is 23.9 Å². The Hall–Kier alpha value is -1.12. The number of benzene rings is 2. The maximum Gasteiger partial charge on any atom is 0.115 e. The zero-order valence-corrected chi connectivity index (χ0v) is 28.2. The third-order valence-corrected chi connectivity index (χ3v) is 12.2. The molecule has 7 heteroatoms. The molecule has 2 aromatic carbocycles. The molecular formula is C34H50Br2N2O3. The van der Waals surface area contributed by atoms with Gasteiger partial charge in [-0.3, -0.25) is 0 Å². The highest BCUT2D eigenvalue weighted by Crippen LogP contribution is 2.57. The van der Waals surface area contributed by atoms with Crippen LogP contribution in [0.2, 0.25) is 0 Å². The van der Waals surface area contributed by atoms with Gasteiger partial charge in [0.2, 0.25) is 0 Å². The SMILES string of the molecule is Br.Br.CN1CC[C@]23CCCC[C@H]2[C@H]1Cc1ccc(O)cc13.CN1CC[C@]23CCCC[C@H]2[C@H]1Cc1ccc(O)cc13.O. The Morgan fingerprint density at radius 1 is 0.634 bits per heavy atom. The molecule has 2 saturated carbocycles. The highest BCUT2D eigenvalue weighted by molar-refractivity contribution is 8.93. The fourth-order valence-electron chi connectivity index (χ4n) is 10.4. The molecule has 4 fully saturated rings. The largest absolute Gasteiger partial charge is 0.508 e. The van der Waals surface area contributed by atoms with Crippen LogP contribution < -0.4 is 0 Å². The topological polar surface area (TPSA) is 78.4 Å². The first kappa shape index (κ1) is 32.8. The van der Waals surface area contributed by atoms with E-state index in [1.807, 2.05) is 12.1 Å². The average Bonchev–Trinajstić information content (AvgIpc) is 2.94. The minimum Gasteiger partial charge on any atom is -0.508 e. The van der Waals surface area contributed by atoms with Gasteiger partial charge in [-0.25, -0.2) is 0 Å². The number of aromatic hydroxyl groups is 2. The van der Waals surface area contributed by atoms with E-state index in [1.165, 1.54) is 112 Å². The van der Waals surface area contributed by atoms with E-state index in [-0.39, 0.29) is 39.4 Å².